The van der Waals surface area contributed by atoms with Gasteiger partial charge in [0, 0.05) is 18.9 Å². The Balaban J connectivity index is 2.44. The van der Waals surface area contributed by atoms with Crippen LogP contribution in [0.3, 0.4) is 0 Å². The third-order valence-electron chi connectivity index (χ3n) is 2.27. The molecule has 0 aliphatic rings. The quantitative estimate of drug-likeness (QED) is 0.829. The molecule has 0 unspecified atom stereocenters. The van der Waals surface area contributed by atoms with E-state index in [1.54, 1.807) is 18.5 Å². The number of aryl methyl sites for hydroxylation is 1. The van der Waals surface area contributed by atoms with E-state index in [1.165, 1.54) is 0 Å². The van der Waals surface area contributed by atoms with Crippen molar-refractivity contribution >= 4 is 16.9 Å². The molecule has 1 N–H and O–H groups in total. The first-order chi connectivity index (χ1) is 7.70. The fourth-order valence-electron chi connectivity index (χ4n) is 1.49. The summed E-state index contributed by atoms with van der Waals surface area (Å²) in [6.07, 6.45) is 3.35. The molecule has 0 spiro atoms. The van der Waals surface area contributed by atoms with Gasteiger partial charge in [-0.05, 0) is 31.5 Å². The molecule has 0 fully saturated rings. The van der Waals surface area contributed by atoms with Crippen LogP contribution in [0, 0.1) is 6.92 Å². The summed E-state index contributed by atoms with van der Waals surface area (Å²) in [5.74, 6) is -0.112. The van der Waals surface area contributed by atoms with Crippen LogP contribution < -0.4 is 5.32 Å². The van der Waals surface area contributed by atoms with Crippen LogP contribution in [-0.2, 0) is 0 Å². The lowest BCUT2D eigenvalue weighted by atomic mass is 10.2. The molecule has 0 saturated carbocycles. The molecule has 0 bridgehead atoms. The summed E-state index contributed by atoms with van der Waals surface area (Å²) < 4.78 is 0. The molecule has 1 amide bonds. The van der Waals surface area contributed by atoms with E-state index in [0.717, 1.165) is 16.6 Å². The van der Waals surface area contributed by atoms with Crippen LogP contribution >= 0.6 is 0 Å². The lowest BCUT2D eigenvalue weighted by molar-refractivity contribution is 0.0955. The zero-order valence-corrected chi connectivity index (χ0v) is 9.32. The first kappa shape index (κ1) is 10.5. The van der Waals surface area contributed by atoms with E-state index >= 15 is 0 Å². The summed E-state index contributed by atoms with van der Waals surface area (Å²) in [5, 5.41) is 2.73. The van der Waals surface area contributed by atoms with Crippen molar-refractivity contribution in [2.45, 2.75) is 13.8 Å². The molecule has 0 saturated heterocycles. The minimum Gasteiger partial charge on any atom is -0.352 e. The topological polar surface area (TPSA) is 54.9 Å². The van der Waals surface area contributed by atoms with Crippen LogP contribution in [0.1, 0.15) is 22.8 Å². The van der Waals surface area contributed by atoms with E-state index in [-0.39, 0.29) is 5.91 Å². The van der Waals surface area contributed by atoms with Gasteiger partial charge in [0.25, 0.3) is 5.91 Å². The van der Waals surface area contributed by atoms with Gasteiger partial charge in [-0.3, -0.25) is 14.8 Å². The van der Waals surface area contributed by atoms with Crippen molar-refractivity contribution in [3.63, 3.8) is 0 Å². The van der Waals surface area contributed by atoms with Gasteiger partial charge in [0.2, 0.25) is 0 Å². The summed E-state index contributed by atoms with van der Waals surface area (Å²) in [5.41, 5.74) is 3.17. The van der Waals surface area contributed by atoms with Crippen LogP contribution in [0.4, 0.5) is 0 Å². The number of pyridine rings is 2. The van der Waals surface area contributed by atoms with Gasteiger partial charge in [0.05, 0.1) is 16.6 Å². The highest BCUT2D eigenvalue weighted by molar-refractivity contribution is 5.96. The minimum absolute atomic E-state index is 0.112. The predicted molar refractivity (Wildman–Crippen MR) is 62.3 cm³/mol. The van der Waals surface area contributed by atoms with Crippen LogP contribution in [0.2, 0.25) is 0 Å². The normalized spacial score (nSPS) is 10.4. The van der Waals surface area contributed by atoms with Gasteiger partial charge in [-0.25, -0.2) is 0 Å². The van der Waals surface area contributed by atoms with Crippen molar-refractivity contribution in [1.82, 2.24) is 15.3 Å². The molecule has 2 aromatic rings. The predicted octanol–water partition coefficient (Wildman–Crippen LogP) is 1.69. The van der Waals surface area contributed by atoms with Gasteiger partial charge in [0.15, 0.2) is 0 Å². The van der Waals surface area contributed by atoms with Crippen molar-refractivity contribution in [2.24, 2.45) is 0 Å². The summed E-state index contributed by atoms with van der Waals surface area (Å²) in [6.45, 7) is 4.46. The lowest BCUT2D eigenvalue weighted by Crippen LogP contribution is -2.22. The fourth-order valence-corrected chi connectivity index (χ4v) is 1.49. The molecule has 0 aliphatic heterocycles. The van der Waals surface area contributed by atoms with Crippen molar-refractivity contribution in [2.75, 3.05) is 6.54 Å². The number of aromatic nitrogens is 2. The Morgan fingerprint density at radius 3 is 2.69 bits per heavy atom. The summed E-state index contributed by atoms with van der Waals surface area (Å²) >= 11 is 0. The smallest absolute Gasteiger partial charge is 0.252 e. The molecule has 0 atom stereocenters. The average Bonchev–Trinajstić information content (AvgIpc) is 2.28. The SMILES string of the molecule is CCNC(=O)c1cnc2cc(C)cnc2c1. The summed E-state index contributed by atoms with van der Waals surface area (Å²) in [6, 6.07) is 3.70. The molecule has 4 nitrogen and oxygen atoms in total. The molecule has 2 rings (SSSR count). The monoisotopic (exact) mass is 215 g/mol. The standard InChI is InChI=1S/C12H13N3O/c1-3-13-12(16)9-5-11-10(15-7-9)4-8(2)6-14-11/h4-7H,3H2,1-2H3,(H,13,16). The Kier molecular flexibility index (Phi) is 2.81. The molecule has 0 radical (unpaired) electrons. The van der Waals surface area contributed by atoms with E-state index in [4.69, 9.17) is 0 Å². The van der Waals surface area contributed by atoms with Crippen LogP contribution in [0.15, 0.2) is 24.5 Å². The van der Waals surface area contributed by atoms with Gasteiger partial charge < -0.3 is 5.32 Å². The van der Waals surface area contributed by atoms with E-state index in [9.17, 15) is 4.79 Å². The highest BCUT2D eigenvalue weighted by Crippen LogP contribution is 2.11. The number of fused-ring (bicyclic) bond motifs is 1. The number of hydrogen-bond donors (Lipinski definition) is 1. The molecule has 0 aliphatic carbocycles. The second kappa shape index (κ2) is 4.26. The maximum atomic E-state index is 11.6. The Labute approximate surface area is 93.7 Å². The molecule has 2 heterocycles. The molecule has 2 aromatic heterocycles. The first-order valence-corrected chi connectivity index (χ1v) is 5.21. The van der Waals surface area contributed by atoms with Gasteiger partial charge in [0.1, 0.15) is 0 Å². The van der Waals surface area contributed by atoms with Crippen LogP contribution in [0.5, 0.6) is 0 Å². The molecular weight excluding hydrogens is 202 g/mol. The molecule has 0 aromatic carbocycles. The van der Waals surface area contributed by atoms with Crippen LogP contribution in [-0.4, -0.2) is 22.4 Å². The highest BCUT2D eigenvalue weighted by atomic mass is 16.1. The fraction of sp³-hybridized carbons (Fsp3) is 0.250. The maximum Gasteiger partial charge on any atom is 0.252 e. The average molecular weight is 215 g/mol. The zero-order valence-electron chi connectivity index (χ0n) is 9.32. The minimum atomic E-state index is -0.112. The number of nitrogens with one attached hydrogen (secondary N) is 1. The largest absolute Gasteiger partial charge is 0.352 e. The maximum absolute atomic E-state index is 11.6. The molecule has 4 heteroatoms. The second-order valence-electron chi connectivity index (χ2n) is 3.63. The zero-order chi connectivity index (χ0) is 11.5. The second-order valence-corrected chi connectivity index (χ2v) is 3.63. The Morgan fingerprint density at radius 1 is 1.25 bits per heavy atom. The third-order valence-corrected chi connectivity index (χ3v) is 2.27. The number of nitrogens with zero attached hydrogens (tertiary/aromatic N) is 2. The van der Waals surface area contributed by atoms with Crippen molar-refractivity contribution < 1.29 is 4.79 Å². The Morgan fingerprint density at radius 2 is 1.94 bits per heavy atom. The van der Waals surface area contributed by atoms with Crippen molar-refractivity contribution in [3.05, 3.63) is 35.7 Å². The summed E-state index contributed by atoms with van der Waals surface area (Å²) in [4.78, 5) is 20.0. The molecule has 16 heavy (non-hydrogen) atoms. The van der Waals surface area contributed by atoms with E-state index in [0.29, 0.717) is 12.1 Å². The molecular formula is C12H13N3O. The van der Waals surface area contributed by atoms with E-state index in [1.807, 2.05) is 19.9 Å². The van der Waals surface area contributed by atoms with Gasteiger partial charge >= 0.3 is 0 Å². The Bertz CT molecular complexity index is 537. The van der Waals surface area contributed by atoms with Crippen molar-refractivity contribution in [3.8, 4) is 0 Å². The highest BCUT2D eigenvalue weighted by Gasteiger charge is 2.06. The van der Waals surface area contributed by atoms with Gasteiger partial charge in [-0.1, -0.05) is 0 Å². The first-order valence-electron chi connectivity index (χ1n) is 5.21. The number of carbonyl (C=O) groups is 1. The third kappa shape index (κ3) is 2.00. The van der Waals surface area contributed by atoms with Crippen LogP contribution in [0.25, 0.3) is 11.0 Å². The number of rotatable bonds is 2. The number of amides is 1. The molecule has 82 valence electrons. The van der Waals surface area contributed by atoms with Crippen molar-refractivity contribution in [1.29, 1.82) is 0 Å². The summed E-state index contributed by atoms with van der Waals surface area (Å²) in [7, 11) is 0. The van der Waals surface area contributed by atoms with E-state index in [2.05, 4.69) is 15.3 Å². The van der Waals surface area contributed by atoms with E-state index < -0.39 is 0 Å². The van der Waals surface area contributed by atoms with Gasteiger partial charge in [-0.2, -0.15) is 0 Å². The number of carbonyl (C=O) groups excluding carboxylic acids is 1. The lowest BCUT2D eigenvalue weighted by Gasteiger charge is -2.03. The Hall–Kier alpha value is -1.97. The van der Waals surface area contributed by atoms with Gasteiger partial charge in [-0.15, -0.1) is 0 Å². The number of hydrogen-bond acceptors (Lipinski definition) is 3.